The number of Topliss-reactive ketones (excluding diaryl/α,β-unsaturated/α-hetero) is 1. The van der Waals surface area contributed by atoms with Crippen LogP contribution >= 0.6 is 0 Å². The van der Waals surface area contributed by atoms with E-state index in [4.69, 9.17) is 32.8 Å². The second-order valence-corrected chi connectivity index (χ2v) is 8.57. The van der Waals surface area contributed by atoms with Crippen LogP contribution < -0.4 is 28.4 Å². The van der Waals surface area contributed by atoms with Gasteiger partial charge in [0.25, 0.3) is 0 Å². The molecule has 0 saturated heterocycles. The van der Waals surface area contributed by atoms with Gasteiger partial charge in [-0.05, 0) is 68.0 Å². The number of carbonyl (C=O) groups is 2. The molecule has 0 fully saturated rings. The van der Waals surface area contributed by atoms with Crippen LogP contribution in [0.25, 0.3) is 17.0 Å². The van der Waals surface area contributed by atoms with Crippen LogP contribution in [0.15, 0.2) is 58.7 Å². The number of ether oxygens (including phenoxy) is 6. The number of allylic oxidation sites excluding steroid dienone is 1. The molecular formula is C30H26O9. The molecule has 4 aromatic rings. The second-order valence-electron chi connectivity index (χ2n) is 8.57. The normalized spacial score (nSPS) is 13.3. The van der Waals surface area contributed by atoms with E-state index in [1.807, 2.05) is 6.92 Å². The van der Waals surface area contributed by atoms with E-state index >= 15 is 0 Å². The molecule has 0 atom stereocenters. The summed E-state index contributed by atoms with van der Waals surface area (Å²) in [6.07, 6.45) is 1.58. The van der Waals surface area contributed by atoms with Crippen LogP contribution in [0.3, 0.4) is 0 Å². The number of esters is 1. The first-order chi connectivity index (χ1) is 18.9. The van der Waals surface area contributed by atoms with Crippen LogP contribution in [0.5, 0.6) is 34.5 Å². The number of methoxy groups -OCH3 is 3. The first-order valence-electron chi connectivity index (χ1n) is 12.1. The van der Waals surface area contributed by atoms with Gasteiger partial charge in [0.05, 0.1) is 33.5 Å². The molecule has 0 amide bonds. The fourth-order valence-corrected chi connectivity index (χ4v) is 4.43. The number of hydrogen-bond acceptors (Lipinski definition) is 9. The third-order valence-corrected chi connectivity index (χ3v) is 6.19. The molecule has 0 radical (unpaired) electrons. The number of carbonyl (C=O) groups excluding carboxylic acids is 2. The largest absolute Gasteiger partial charge is 0.494 e. The first-order valence-corrected chi connectivity index (χ1v) is 12.1. The summed E-state index contributed by atoms with van der Waals surface area (Å²) in [6, 6.07) is 13.3. The quantitative estimate of drug-likeness (QED) is 0.154. The zero-order valence-corrected chi connectivity index (χ0v) is 22.1. The number of aryl methyl sites for hydroxylation is 1. The van der Waals surface area contributed by atoms with Gasteiger partial charge in [-0.3, -0.25) is 4.79 Å². The Balaban J connectivity index is 1.41. The Morgan fingerprint density at radius 1 is 0.923 bits per heavy atom. The van der Waals surface area contributed by atoms with Gasteiger partial charge < -0.3 is 32.8 Å². The summed E-state index contributed by atoms with van der Waals surface area (Å²) in [5.74, 6) is 2.05. The summed E-state index contributed by atoms with van der Waals surface area (Å²) >= 11 is 0. The van der Waals surface area contributed by atoms with Crippen LogP contribution in [0.1, 0.15) is 39.0 Å². The molecule has 0 bridgehead atoms. The van der Waals surface area contributed by atoms with Gasteiger partial charge in [-0.15, -0.1) is 0 Å². The van der Waals surface area contributed by atoms with Crippen LogP contribution in [-0.2, 0) is 0 Å². The highest BCUT2D eigenvalue weighted by atomic mass is 16.5. The summed E-state index contributed by atoms with van der Waals surface area (Å²) in [5.41, 5.74) is 1.81. The number of fused-ring (bicyclic) bond motifs is 2. The zero-order valence-electron chi connectivity index (χ0n) is 22.1. The molecule has 2 heterocycles. The van der Waals surface area contributed by atoms with E-state index < -0.39 is 5.97 Å². The summed E-state index contributed by atoms with van der Waals surface area (Å²) < 4.78 is 38.9. The molecule has 0 aliphatic carbocycles. The topological polar surface area (TPSA) is 103 Å². The van der Waals surface area contributed by atoms with Gasteiger partial charge in [-0.1, -0.05) is 0 Å². The van der Waals surface area contributed by atoms with E-state index in [-0.39, 0.29) is 23.0 Å². The molecule has 5 rings (SSSR count). The van der Waals surface area contributed by atoms with Crippen LogP contribution in [0, 0.1) is 6.92 Å². The smallest absolute Gasteiger partial charge is 0.347 e. The van der Waals surface area contributed by atoms with E-state index in [9.17, 15) is 9.59 Å². The Bertz CT molecular complexity index is 1600. The average molecular weight is 531 g/mol. The van der Waals surface area contributed by atoms with Gasteiger partial charge in [0.15, 0.2) is 17.3 Å². The maximum Gasteiger partial charge on any atom is 0.347 e. The molecule has 9 nitrogen and oxygen atoms in total. The lowest BCUT2D eigenvalue weighted by molar-refractivity contribution is 0.0734. The maximum absolute atomic E-state index is 13.1. The van der Waals surface area contributed by atoms with E-state index in [0.29, 0.717) is 63.0 Å². The first kappa shape index (κ1) is 25.7. The van der Waals surface area contributed by atoms with E-state index in [1.54, 1.807) is 55.5 Å². The number of hydrogen-bond donors (Lipinski definition) is 0. The van der Waals surface area contributed by atoms with Crippen molar-refractivity contribution in [3.8, 4) is 34.5 Å². The van der Waals surface area contributed by atoms with Crippen LogP contribution in [-0.4, -0.2) is 39.7 Å². The minimum absolute atomic E-state index is 0.0999. The molecule has 200 valence electrons. The number of rotatable bonds is 8. The highest BCUT2D eigenvalue weighted by molar-refractivity contribution is 6.14. The monoisotopic (exact) mass is 530 g/mol. The molecule has 9 heteroatoms. The molecule has 1 aliphatic heterocycles. The molecule has 0 N–H and O–H groups in total. The van der Waals surface area contributed by atoms with Gasteiger partial charge >= 0.3 is 5.97 Å². The average Bonchev–Trinajstić information content (AvgIpc) is 3.42. The number of ketones is 1. The molecule has 1 aromatic heterocycles. The third kappa shape index (κ3) is 4.74. The van der Waals surface area contributed by atoms with E-state index in [0.717, 1.165) is 0 Å². The van der Waals surface area contributed by atoms with Crippen molar-refractivity contribution in [1.29, 1.82) is 0 Å². The Kier molecular flexibility index (Phi) is 6.89. The second kappa shape index (κ2) is 10.4. The van der Waals surface area contributed by atoms with Crippen LogP contribution in [0.2, 0.25) is 0 Å². The molecule has 1 aliphatic rings. The van der Waals surface area contributed by atoms with Gasteiger partial charge in [-0.2, -0.15) is 0 Å². The SMILES string of the molecule is CCOc1ccc2oc(C)c(C(=O)Oc3ccc4c(c3)O/C(=C\c3cc(OC)c(OC)c(OC)c3)C4=O)c2c1. The van der Waals surface area contributed by atoms with Gasteiger partial charge in [0.1, 0.15) is 34.2 Å². The minimum atomic E-state index is -0.600. The number of benzene rings is 3. The Labute approximate surface area is 224 Å². The summed E-state index contributed by atoms with van der Waals surface area (Å²) in [6.45, 7) is 4.07. The predicted octanol–water partition coefficient (Wildman–Crippen LogP) is 6.00. The minimum Gasteiger partial charge on any atom is -0.494 e. The maximum atomic E-state index is 13.1. The van der Waals surface area contributed by atoms with E-state index in [2.05, 4.69) is 0 Å². The summed E-state index contributed by atoms with van der Waals surface area (Å²) in [5, 5.41) is 0.589. The molecule has 0 unspecified atom stereocenters. The fourth-order valence-electron chi connectivity index (χ4n) is 4.43. The van der Waals surface area contributed by atoms with Crippen molar-refractivity contribution >= 4 is 28.8 Å². The van der Waals surface area contributed by atoms with Gasteiger partial charge in [0.2, 0.25) is 11.5 Å². The molecule has 3 aromatic carbocycles. The third-order valence-electron chi connectivity index (χ3n) is 6.19. The van der Waals surface area contributed by atoms with Crippen molar-refractivity contribution in [2.75, 3.05) is 27.9 Å². The van der Waals surface area contributed by atoms with Crippen molar-refractivity contribution in [3.05, 3.63) is 76.7 Å². The van der Waals surface area contributed by atoms with Crippen molar-refractivity contribution in [2.24, 2.45) is 0 Å². The highest BCUT2D eigenvalue weighted by Crippen LogP contribution is 2.40. The lowest BCUT2D eigenvalue weighted by Crippen LogP contribution is -2.09. The van der Waals surface area contributed by atoms with Crippen molar-refractivity contribution < 1.29 is 42.4 Å². The Morgan fingerprint density at radius 2 is 1.64 bits per heavy atom. The van der Waals surface area contributed by atoms with Crippen LogP contribution in [0.4, 0.5) is 0 Å². The highest BCUT2D eigenvalue weighted by Gasteiger charge is 2.29. The van der Waals surface area contributed by atoms with Crippen molar-refractivity contribution in [3.63, 3.8) is 0 Å². The molecule has 39 heavy (non-hydrogen) atoms. The van der Waals surface area contributed by atoms with Crippen molar-refractivity contribution in [2.45, 2.75) is 13.8 Å². The fraction of sp³-hybridized carbons (Fsp3) is 0.200. The zero-order chi connectivity index (χ0) is 27.7. The predicted molar refractivity (Wildman–Crippen MR) is 143 cm³/mol. The number of furan rings is 1. The molecule has 0 saturated carbocycles. The lowest BCUT2D eigenvalue weighted by Gasteiger charge is -2.13. The Morgan fingerprint density at radius 3 is 2.31 bits per heavy atom. The lowest BCUT2D eigenvalue weighted by atomic mass is 10.1. The van der Waals surface area contributed by atoms with E-state index in [1.165, 1.54) is 27.4 Å². The summed E-state index contributed by atoms with van der Waals surface area (Å²) in [4.78, 5) is 26.2. The van der Waals surface area contributed by atoms with Gasteiger partial charge in [-0.25, -0.2) is 4.79 Å². The molecule has 0 spiro atoms. The summed E-state index contributed by atoms with van der Waals surface area (Å²) in [7, 11) is 4.53. The van der Waals surface area contributed by atoms with Gasteiger partial charge in [0, 0.05) is 11.5 Å². The molecular weight excluding hydrogens is 504 g/mol. The van der Waals surface area contributed by atoms with Crippen molar-refractivity contribution in [1.82, 2.24) is 0 Å². The standard InChI is InChI=1S/C30H26O9/c1-6-36-18-8-10-22-21(14-18)27(16(2)37-22)30(32)38-19-7-9-20-23(15-19)39-24(28(20)31)11-17-12-25(33-3)29(35-5)26(13-17)34-4/h7-15H,6H2,1-5H3/b24-11-. The Hall–Kier alpha value is -4.92.